The van der Waals surface area contributed by atoms with E-state index in [0.717, 1.165) is 12.0 Å². The number of hydrogen-bond donors (Lipinski definition) is 3. The molecule has 7 atom stereocenters. The van der Waals surface area contributed by atoms with Gasteiger partial charge in [0.1, 0.15) is 6.04 Å². The van der Waals surface area contributed by atoms with Crippen LogP contribution in [0.1, 0.15) is 31.4 Å². The van der Waals surface area contributed by atoms with E-state index in [1.54, 1.807) is 36.0 Å². The van der Waals surface area contributed by atoms with Gasteiger partial charge in [-0.25, -0.2) is 0 Å². The molecule has 1 spiro atoms. The van der Waals surface area contributed by atoms with E-state index in [-0.39, 0.29) is 34.4 Å². The van der Waals surface area contributed by atoms with Crippen molar-refractivity contribution in [3.05, 3.63) is 65.2 Å². The Morgan fingerprint density at radius 2 is 1.89 bits per heavy atom. The summed E-state index contributed by atoms with van der Waals surface area (Å²) in [5.74, 6) is -2.05. The fourth-order valence-corrected chi connectivity index (χ4v) is 9.94. The Morgan fingerprint density at radius 3 is 2.57 bits per heavy atom. The Balaban J connectivity index is 1.60. The number of hydrogen-bond acceptors (Lipinski definition) is 5. The lowest BCUT2D eigenvalue weighted by Gasteiger charge is -2.37. The van der Waals surface area contributed by atoms with Gasteiger partial charge in [0.2, 0.25) is 17.7 Å². The van der Waals surface area contributed by atoms with Crippen LogP contribution in [0.25, 0.3) is 0 Å². The quantitative estimate of drug-likeness (QED) is 0.395. The van der Waals surface area contributed by atoms with Crippen molar-refractivity contribution in [1.82, 2.24) is 10.2 Å². The van der Waals surface area contributed by atoms with Crippen molar-refractivity contribution in [1.29, 1.82) is 0 Å². The monoisotopic (exact) mass is 605 g/mol. The van der Waals surface area contributed by atoms with E-state index in [1.165, 1.54) is 4.90 Å². The Hall–Kier alpha value is -2.07. The number of anilines is 1. The molecule has 3 saturated heterocycles. The molecule has 0 aliphatic carbocycles. The van der Waals surface area contributed by atoms with Gasteiger partial charge in [-0.3, -0.25) is 14.4 Å². The number of aliphatic hydroxyl groups excluding tert-OH is 1. The van der Waals surface area contributed by atoms with Crippen LogP contribution >= 0.6 is 39.3 Å². The number of aliphatic hydroxyl groups is 1. The van der Waals surface area contributed by atoms with Crippen molar-refractivity contribution in [2.45, 2.75) is 46.7 Å². The van der Waals surface area contributed by atoms with Gasteiger partial charge < -0.3 is 20.6 Å². The molecule has 3 aliphatic rings. The molecule has 0 saturated carbocycles. The normalized spacial score (nSPS) is 30.8. The number of para-hydroxylation sites is 1. The van der Waals surface area contributed by atoms with E-state index < -0.39 is 28.7 Å². The number of likely N-dealkylation sites (tertiary alicyclic amines) is 1. The standard InChI is InChI=1S/C27H29BrClN3O4S/c1-2-12-30-24(34)20-21-26(36)32(19(14-33)15-8-4-3-5-9-15)23(27(21)13-16(28)22(20)37-27)25(35)31-18-11-7-6-10-17(18)29/h3-11,16,19-23,33H,2,12-14H2,1H3,(H,30,34)(H,31,35)/t16?,19-,20-,21+,22-,23?,27?/m1/s1. The van der Waals surface area contributed by atoms with Crippen LogP contribution in [0.15, 0.2) is 54.6 Å². The summed E-state index contributed by atoms with van der Waals surface area (Å²) in [6.45, 7) is 2.15. The largest absolute Gasteiger partial charge is 0.394 e. The third-order valence-electron chi connectivity index (χ3n) is 7.65. The number of amides is 3. The van der Waals surface area contributed by atoms with E-state index in [1.807, 2.05) is 37.3 Å². The van der Waals surface area contributed by atoms with Crippen LogP contribution in [0, 0.1) is 11.8 Å². The molecule has 2 bridgehead atoms. The zero-order valence-electron chi connectivity index (χ0n) is 20.3. The molecule has 10 heteroatoms. The first-order chi connectivity index (χ1) is 17.8. The predicted molar refractivity (Wildman–Crippen MR) is 149 cm³/mol. The van der Waals surface area contributed by atoms with Gasteiger partial charge in [-0.1, -0.05) is 76.9 Å². The second-order valence-corrected chi connectivity index (χ2v) is 12.9. The molecule has 0 aromatic heterocycles. The van der Waals surface area contributed by atoms with E-state index in [2.05, 4.69) is 26.6 Å². The molecule has 3 fully saturated rings. The van der Waals surface area contributed by atoms with Gasteiger partial charge in [0.25, 0.3) is 0 Å². The van der Waals surface area contributed by atoms with Crippen molar-refractivity contribution in [2.75, 3.05) is 18.5 Å². The lowest BCUT2D eigenvalue weighted by Crippen LogP contribution is -2.53. The smallest absolute Gasteiger partial charge is 0.248 e. The predicted octanol–water partition coefficient (Wildman–Crippen LogP) is 4.00. The summed E-state index contributed by atoms with van der Waals surface area (Å²) < 4.78 is -0.822. The summed E-state index contributed by atoms with van der Waals surface area (Å²) >= 11 is 11.7. The highest BCUT2D eigenvalue weighted by molar-refractivity contribution is 9.09. The van der Waals surface area contributed by atoms with Crippen LogP contribution in [-0.2, 0) is 14.4 Å². The summed E-state index contributed by atoms with van der Waals surface area (Å²) in [5, 5.41) is 16.7. The minimum absolute atomic E-state index is 0.0289. The maximum absolute atomic E-state index is 14.3. The number of carbonyl (C=O) groups excluding carboxylic acids is 3. The molecule has 5 rings (SSSR count). The van der Waals surface area contributed by atoms with E-state index in [4.69, 9.17) is 11.6 Å². The first-order valence-electron chi connectivity index (χ1n) is 12.5. The molecular formula is C27H29BrClN3O4S. The molecule has 3 amide bonds. The van der Waals surface area contributed by atoms with Crippen LogP contribution in [0.2, 0.25) is 5.02 Å². The maximum Gasteiger partial charge on any atom is 0.248 e. The Labute approximate surface area is 233 Å². The third kappa shape index (κ3) is 4.37. The molecule has 7 nitrogen and oxygen atoms in total. The molecule has 3 aliphatic heterocycles. The fourth-order valence-electron chi connectivity index (χ4n) is 6.16. The Bertz CT molecular complexity index is 1200. The van der Waals surface area contributed by atoms with Crippen LogP contribution in [0.5, 0.6) is 0 Å². The molecule has 196 valence electrons. The van der Waals surface area contributed by atoms with Gasteiger partial charge in [-0.2, -0.15) is 0 Å². The van der Waals surface area contributed by atoms with Crippen LogP contribution in [0.4, 0.5) is 5.69 Å². The molecule has 2 aromatic carbocycles. The van der Waals surface area contributed by atoms with Gasteiger partial charge >= 0.3 is 0 Å². The van der Waals surface area contributed by atoms with Crippen molar-refractivity contribution in [3.8, 4) is 0 Å². The topological polar surface area (TPSA) is 98.7 Å². The van der Waals surface area contributed by atoms with Crippen molar-refractivity contribution < 1.29 is 19.5 Å². The average molecular weight is 607 g/mol. The van der Waals surface area contributed by atoms with Crippen LogP contribution in [-0.4, -0.2) is 61.7 Å². The summed E-state index contributed by atoms with van der Waals surface area (Å²) in [4.78, 5) is 43.2. The summed E-state index contributed by atoms with van der Waals surface area (Å²) in [6, 6.07) is 14.5. The second kappa shape index (κ2) is 10.6. The van der Waals surface area contributed by atoms with Crippen molar-refractivity contribution in [3.63, 3.8) is 0 Å². The number of halogens is 2. The SMILES string of the molecule is CCCNC(=O)[C@H]1[C@@H]2SC3(CC2Br)C(C(=O)Nc2ccccc2Cl)N([C@H](CO)c2ccccc2)C(=O)[C@H]13. The zero-order valence-corrected chi connectivity index (χ0v) is 23.4. The lowest BCUT2D eigenvalue weighted by molar-refractivity contribution is -0.142. The van der Waals surface area contributed by atoms with Gasteiger partial charge in [0.15, 0.2) is 0 Å². The average Bonchev–Trinajstić information content (AvgIpc) is 3.49. The molecule has 37 heavy (non-hydrogen) atoms. The first-order valence-corrected chi connectivity index (χ1v) is 14.6. The zero-order chi connectivity index (χ0) is 26.3. The highest BCUT2D eigenvalue weighted by Gasteiger charge is 2.76. The Kier molecular flexibility index (Phi) is 7.60. The molecule has 0 radical (unpaired) electrons. The number of nitrogens with zero attached hydrogens (tertiary/aromatic N) is 1. The van der Waals surface area contributed by atoms with E-state index >= 15 is 0 Å². The number of nitrogens with one attached hydrogen (secondary N) is 2. The summed E-state index contributed by atoms with van der Waals surface area (Å²) in [6.07, 6.45) is 1.34. The molecular weight excluding hydrogens is 578 g/mol. The summed E-state index contributed by atoms with van der Waals surface area (Å²) in [5.41, 5.74) is 1.18. The highest BCUT2D eigenvalue weighted by atomic mass is 79.9. The number of alkyl halides is 1. The minimum atomic E-state index is -0.905. The maximum atomic E-state index is 14.3. The lowest BCUT2D eigenvalue weighted by atomic mass is 9.70. The van der Waals surface area contributed by atoms with Crippen LogP contribution < -0.4 is 10.6 Å². The van der Waals surface area contributed by atoms with Crippen molar-refractivity contribution >= 4 is 62.7 Å². The Morgan fingerprint density at radius 1 is 1.19 bits per heavy atom. The van der Waals surface area contributed by atoms with Gasteiger partial charge in [-0.15, -0.1) is 11.8 Å². The highest BCUT2D eigenvalue weighted by Crippen LogP contribution is 2.68. The van der Waals surface area contributed by atoms with E-state index in [0.29, 0.717) is 23.7 Å². The molecule has 3 unspecified atom stereocenters. The number of rotatable bonds is 8. The van der Waals surface area contributed by atoms with Gasteiger partial charge in [0.05, 0.1) is 39.9 Å². The number of benzene rings is 2. The van der Waals surface area contributed by atoms with Crippen molar-refractivity contribution in [2.24, 2.45) is 11.8 Å². The molecule has 3 N–H and O–H groups in total. The minimum Gasteiger partial charge on any atom is -0.394 e. The molecule has 3 heterocycles. The van der Waals surface area contributed by atoms with Gasteiger partial charge in [-0.05, 0) is 30.5 Å². The second-order valence-electron chi connectivity index (χ2n) is 9.78. The van der Waals surface area contributed by atoms with Crippen LogP contribution in [0.3, 0.4) is 0 Å². The number of carbonyl (C=O) groups is 3. The fraction of sp³-hybridized carbons (Fsp3) is 0.444. The van der Waals surface area contributed by atoms with Gasteiger partial charge in [0, 0.05) is 16.6 Å². The molecule has 2 aromatic rings. The third-order valence-corrected chi connectivity index (χ3v) is 11.2. The summed E-state index contributed by atoms with van der Waals surface area (Å²) in [7, 11) is 0. The number of thioether (sulfide) groups is 1. The van der Waals surface area contributed by atoms with E-state index in [9.17, 15) is 19.5 Å². The first kappa shape index (κ1) is 26.5. The number of fused-ring (bicyclic) bond motifs is 1.